The molecule has 98 valence electrons. The highest BCUT2D eigenvalue weighted by Crippen LogP contribution is 2.32. The quantitative estimate of drug-likeness (QED) is 0.752. The van der Waals surface area contributed by atoms with Crippen LogP contribution in [0.15, 0.2) is 45.3 Å². The summed E-state index contributed by atoms with van der Waals surface area (Å²) in [5, 5.41) is 12.9. The Hall–Kier alpha value is -1.04. The molecule has 1 amide bonds. The molecule has 0 aliphatic carbocycles. The van der Waals surface area contributed by atoms with Gasteiger partial charge in [0.2, 0.25) is 0 Å². The highest BCUT2D eigenvalue weighted by Gasteiger charge is 2.15. The number of rotatable bonds is 2. The number of nitrogens with one attached hydrogen (secondary N) is 1. The molecule has 0 atom stereocenters. The van der Waals surface area contributed by atoms with Crippen LogP contribution in [0.5, 0.6) is 5.75 Å². The Kier molecular flexibility index (Phi) is 4.50. The fraction of sp³-hybridized carbons (Fsp3) is 0. The SMILES string of the molecule is O=C(Nc1ccc(Br)cc1)c1cc(Cl)cc(Br)c1O. The van der Waals surface area contributed by atoms with E-state index in [-0.39, 0.29) is 11.3 Å². The van der Waals surface area contributed by atoms with Gasteiger partial charge in [0.05, 0.1) is 10.0 Å². The monoisotopic (exact) mass is 403 g/mol. The molecule has 0 aliphatic heterocycles. The van der Waals surface area contributed by atoms with E-state index in [1.165, 1.54) is 12.1 Å². The Bertz CT molecular complexity index is 629. The molecule has 0 radical (unpaired) electrons. The van der Waals surface area contributed by atoms with E-state index in [1.54, 1.807) is 12.1 Å². The van der Waals surface area contributed by atoms with Crippen LogP contribution >= 0.6 is 43.5 Å². The average molecular weight is 405 g/mol. The summed E-state index contributed by atoms with van der Waals surface area (Å²) in [4.78, 5) is 12.1. The fourth-order valence-corrected chi connectivity index (χ4v) is 2.55. The van der Waals surface area contributed by atoms with Gasteiger partial charge < -0.3 is 10.4 Å². The molecule has 2 aromatic rings. The Morgan fingerprint density at radius 1 is 1.16 bits per heavy atom. The lowest BCUT2D eigenvalue weighted by Gasteiger charge is -2.08. The molecule has 0 fully saturated rings. The highest BCUT2D eigenvalue weighted by molar-refractivity contribution is 9.10. The van der Waals surface area contributed by atoms with Crippen molar-refractivity contribution in [2.45, 2.75) is 0 Å². The van der Waals surface area contributed by atoms with Crippen molar-refractivity contribution in [2.24, 2.45) is 0 Å². The van der Waals surface area contributed by atoms with Crippen LogP contribution in [-0.4, -0.2) is 11.0 Å². The zero-order valence-corrected chi connectivity index (χ0v) is 13.4. The summed E-state index contributed by atoms with van der Waals surface area (Å²) < 4.78 is 1.29. The number of phenolic OH excluding ortho intramolecular Hbond substituents is 1. The van der Waals surface area contributed by atoms with Crippen LogP contribution in [0.25, 0.3) is 0 Å². The normalized spacial score (nSPS) is 10.3. The van der Waals surface area contributed by atoms with Crippen molar-refractivity contribution >= 4 is 55.1 Å². The first-order valence-electron chi connectivity index (χ1n) is 5.22. The third kappa shape index (κ3) is 3.49. The number of benzene rings is 2. The smallest absolute Gasteiger partial charge is 0.259 e. The zero-order chi connectivity index (χ0) is 14.0. The summed E-state index contributed by atoms with van der Waals surface area (Å²) in [5.74, 6) is -0.568. The summed E-state index contributed by atoms with van der Waals surface area (Å²) in [6.45, 7) is 0. The van der Waals surface area contributed by atoms with Crippen molar-refractivity contribution in [3.8, 4) is 5.75 Å². The van der Waals surface area contributed by atoms with Crippen LogP contribution in [-0.2, 0) is 0 Å². The Morgan fingerprint density at radius 2 is 1.79 bits per heavy atom. The van der Waals surface area contributed by atoms with Gasteiger partial charge in [-0.3, -0.25) is 4.79 Å². The average Bonchev–Trinajstić information content (AvgIpc) is 2.36. The van der Waals surface area contributed by atoms with Crippen molar-refractivity contribution in [3.63, 3.8) is 0 Å². The lowest BCUT2D eigenvalue weighted by molar-refractivity contribution is 0.102. The van der Waals surface area contributed by atoms with E-state index in [0.717, 1.165) is 4.47 Å². The predicted octanol–water partition coefficient (Wildman–Crippen LogP) is 4.82. The Labute approximate surface area is 131 Å². The second-order valence-corrected chi connectivity index (χ2v) is 5.95. The van der Waals surface area contributed by atoms with Gasteiger partial charge in [-0.1, -0.05) is 27.5 Å². The largest absolute Gasteiger partial charge is 0.506 e. The number of carbonyl (C=O) groups excluding carboxylic acids is 1. The number of carbonyl (C=O) groups is 1. The molecule has 0 heterocycles. The third-order valence-electron chi connectivity index (χ3n) is 2.37. The number of halogens is 3. The molecule has 2 N–H and O–H groups in total. The Balaban J connectivity index is 2.27. The van der Waals surface area contributed by atoms with Crippen LogP contribution in [0.3, 0.4) is 0 Å². The molecule has 19 heavy (non-hydrogen) atoms. The standard InChI is InChI=1S/C13H8Br2ClNO2/c14-7-1-3-9(4-2-7)17-13(19)10-5-8(16)6-11(15)12(10)18/h1-6,18H,(H,17,19). The molecule has 0 spiro atoms. The van der Waals surface area contributed by atoms with Crippen LogP contribution in [0.2, 0.25) is 5.02 Å². The number of anilines is 1. The Morgan fingerprint density at radius 3 is 2.42 bits per heavy atom. The maximum atomic E-state index is 12.1. The molecule has 0 saturated carbocycles. The van der Waals surface area contributed by atoms with E-state index in [4.69, 9.17) is 11.6 Å². The van der Waals surface area contributed by atoms with Gasteiger partial charge in [-0.25, -0.2) is 0 Å². The lowest BCUT2D eigenvalue weighted by Crippen LogP contribution is -2.12. The van der Waals surface area contributed by atoms with Gasteiger partial charge in [-0.15, -0.1) is 0 Å². The summed E-state index contributed by atoms with van der Waals surface area (Å²) in [7, 11) is 0. The highest BCUT2D eigenvalue weighted by atomic mass is 79.9. The molecule has 2 rings (SSSR count). The molecule has 0 saturated heterocycles. The van der Waals surface area contributed by atoms with Gasteiger partial charge in [-0.2, -0.15) is 0 Å². The first-order valence-corrected chi connectivity index (χ1v) is 7.18. The van der Waals surface area contributed by atoms with Crippen LogP contribution in [0.4, 0.5) is 5.69 Å². The zero-order valence-electron chi connectivity index (χ0n) is 9.45. The molecular formula is C13H8Br2ClNO2. The molecule has 0 bridgehead atoms. The van der Waals surface area contributed by atoms with Crippen molar-refractivity contribution in [3.05, 3.63) is 55.9 Å². The topological polar surface area (TPSA) is 49.3 Å². The van der Waals surface area contributed by atoms with Crippen molar-refractivity contribution in [1.82, 2.24) is 0 Å². The maximum absolute atomic E-state index is 12.1. The molecule has 0 unspecified atom stereocenters. The third-order valence-corrected chi connectivity index (χ3v) is 3.73. The second kappa shape index (κ2) is 5.94. The van der Waals surface area contributed by atoms with Gasteiger partial charge in [0.15, 0.2) is 0 Å². The van der Waals surface area contributed by atoms with Gasteiger partial charge in [0, 0.05) is 15.2 Å². The lowest BCUT2D eigenvalue weighted by atomic mass is 10.2. The minimum absolute atomic E-state index is 0.113. The van der Waals surface area contributed by atoms with E-state index < -0.39 is 5.91 Å². The maximum Gasteiger partial charge on any atom is 0.259 e. The van der Waals surface area contributed by atoms with E-state index >= 15 is 0 Å². The van der Waals surface area contributed by atoms with Gasteiger partial charge >= 0.3 is 0 Å². The summed E-state index contributed by atoms with van der Waals surface area (Å²) in [6.07, 6.45) is 0. The molecule has 0 aliphatic rings. The predicted molar refractivity (Wildman–Crippen MR) is 82.9 cm³/mol. The van der Waals surface area contributed by atoms with E-state index in [1.807, 2.05) is 12.1 Å². The fourth-order valence-electron chi connectivity index (χ4n) is 1.47. The number of aromatic hydroxyl groups is 1. The first kappa shape index (κ1) is 14.4. The molecule has 2 aromatic carbocycles. The first-order chi connectivity index (χ1) is 8.97. The van der Waals surface area contributed by atoms with Gasteiger partial charge in [-0.05, 0) is 52.3 Å². The summed E-state index contributed by atoms with van der Waals surface area (Å²) >= 11 is 12.3. The minimum atomic E-state index is -0.428. The van der Waals surface area contributed by atoms with E-state index in [0.29, 0.717) is 15.2 Å². The number of phenols is 1. The molecular weight excluding hydrogens is 397 g/mol. The summed E-state index contributed by atoms with van der Waals surface area (Å²) in [5.41, 5.74) is 0.742. The number of hydrogen-bond donors (Lipinski definition) is 2. The van der Waals surface area contributed by atoms with Crippen LogP contribution < -0.4 is 5.32 Å². The van der Waals surface area contributed by atoms with E-state index in [2.05, 4.69) is 37.2 Å². The number of hydrogen-bond acceptors (Lipinski definition) is 2. The number of amides is 1. The molecule has 3 nitrogen and oxygen atoms in total. The van der Waals surface area contributed by atoms with Crippen LogP contribution in [0.1, 0.15) is 10.4 Å². The van der Waals surface area contributed by atoms with E-state index in [9.17, 15) is 9.90 Å². The van der Waals surface area contributed by atoms with Gasteiger partial charge in [0.1, 0.15) is 5.75 Å². The van der Waals surface area contributed by atoms with Gasteiger partial charge in [0.25, 0.3) is 5.91 Å². The van der Waals surface area contributed by atoms with Crippen molar-refractivity contribution in [1.29, 1.82) is 0 Å². The van der Waals surface area contributed by atoms with Crippen molar-refractivity contribution in [2.75, 3.05) is 5.32 Å². The molecule has 0 aromatic heterocycles. The minimum Gasteiger partial charge on any atom is -0.506 e. The molecule has 6 heteroatoms. The summed E-state index contributed by atoms with van der Waals surface area (Å²) in [6, 6.07) is 10.0. The second-order valence-electron chi connectivity index (χ2n) is 3.74. The van der Waals surface area contributed by atoms with Crippen molar-refractivity contribution < 1.29 is 9.90 Å². The van der Waals surface area contributed by atoms with Crippen LogP contribution in [0, 0.1) is 0 Å².